The number of nitrogens with zero attached hydrogens (tertiary/aromatic N) is 3. The second-order valence-electron chi connectivity index (χ2n) is 5.62. The zero-order chi connectivity index (χ0) is 17.2. The van der Waals surface area contributed by atoms with Crippen LogP contribution in [-0.2, 0) is 4.79 Å². The van der Waals surface area contributed by atoms with Gasteiger partial charge in [-0.1, -0.05) is 60.7 Å². The van der Waals surface area contributed by atoms with Crippen molar-refractivity contribution in [2.75, 3.05) is 5.01 Å². The van der Waals surface area contributed by atoms with Crippen molar-refractivity contribution in [1.82, 2.24) is 4.98 Å². The minimum atomic E-state index is -0.0796. The Morgan fingerprint density at radius 2 is 1.56 bits per heavy atom. The minimum absolute atomic E-state index is 0.0796. The molecule has 0 radical (unpaired) electrons. The summed E-state index contributed by atoms with van der Waals surface area (Å²) in [5.41, 5.74) is 3.86. The van der Waals surface area contributed by atoms with Gasteiger partial charge in [-0.05, 0) is 27.1 Å². The number of carbonyl (C=O) groups excluding carboxylic acids is 1. The molecule has 1 amide bonds. The van der Waals surface area contributed by atoms with Crippen molar-refractivity contribution in [3.05, 3.63) is 71.3 Å². The number of aromatic nitrogens is 1. The Bertz CT molecular complexity index is 955. The zero-order valence-electron chi connectivity index (χ0n) is 13.3. The molecule has 0 aliphatic carbocycles. The molecule has 0 saturated carbocycles. The van der Waals surface area contributed by atoms with Gasteiger partial charge in [0.25, 0.3) is 5.91 Å². The van der Waals surface area contributed by atoms with E-state index in [1.165, 1.54) is 5.01 Å². The largest absolute Gasteiger partial charge is 0.272 e. The molecule has 0 unspecified atom stereocenters. The van der Waals surface area contributed by atoms with Crippen LogP contribution in [0, 0.1) is 0 Å². The lowest BCUT2D eigenvalue weighted by atomic mass is 10.0. The van der Waals surface area contributed by atoms with Crippen molar-refractivity contribution >= 4 is 33.9 Å². The molecule has 0 fully saturated rings. The SMILES string of the molecule is O=C1CC=NN1c1ncc(-c2ccccc2)c(Br)c1-c1ccccc1. The molecular formula is C20H14BrN3O. The van der Waals surface area contributed by atoms with Gasteiger partial charge in [0, 0.05) is 28.0 Å². The Morgan fingerprint density at radius 1 is 0.920 bits per heavy atom. The fourth-order valence-electron chi connectivity index (χ4n) is 2.84. The van der Waals surface area contributed by atoms with Gasteiger partial charge in [-0.3, -0.25) is 4.79 Å². The summed E-state index contributed by atoms with van der Waals surface area (Å²) in [6.07, 6.45) is 3.69. The van der Waals surface area contributed by atoms with Crippen LogP contribution in [0.5, 0.6) is 0 Å². The molecule has 2 aromatic carbocycles. The molecule has 25 heavy (non-hydrogen) atoms. The summed E-state index contributed by atoms with van der Waals surface area (Å²) in [4.78, 5) is 16.8. The normalized spacial score (nSPS) is 13.5. The van der Waals surface area contributed by atoms with E-state index in [1.54, 1.807) is 12.4 Å². The van der Waals surface area contributed by atoms with Crippen LogP contribution in [0.2, 0.25) is 0 Å². The van der Waals surface area contributed by atoms with Gasteiger partial charge in [0.1, 0.15) is 0 Å². The van der Waals surface area contributed by atoms with Crippen molar-refractivity contribution in [3.63, 3.8) is 0 Å². The number of carbonyl (C=O) groups is 1. The lowest BCUT2D eigenvalue weighted by molar-refractivity contribution is -0.116. The maximum absolute atomic E-state index is 12.2. The van der Waals surface area contributed by atoms with Crippen LogP contribution in [-0.4, -0.2) is 17.1 Å². The Balaban J connectivity index is 1.96. The first kappa shape index (κ1) is 15.7. The van der Waals surface area contributed by atoms with E-state index < -0.39 is 0 Å². The third-order valence-electron chi connectivity index (χ3n) is 4.04. The fourth-order valence-corrected chi connectivity index (χ4v) is 3.58. The van der Waals surface area contributed by atoms with Gasteiger partial charge in [-0.2, -0.15) is 10.1 Å². The molecule has 4 rings (SSSR count). The molecule has 0 saturated heterocycles. The molecule has 5 heteroatoms. The van der Waals surface area contributed by atoms with Crippen molar-refractivity contribution in [2.24, 2.45) is 5.10 Å². The summed E-state index contributed by atoms with van der Waals surface area (Å²) < 4.78 is 0.893. The number of benzene rings is 2. The van der Waals surface area contributed by atoms with Crippen LogP contribution in [0.15, 0.2) is 76.4 Å². The highest BCUT2D eigenvalue weighted by Gasteiger charge is 2.26. The number of pyridine rings is 1. The van der Waals surface area contributed by atoms with Crippen molar-refractivity contribution in [3.8, 4) is 22.3 Å². The van der Waals surface area contributed by atoms with Gasteiger partial charge in [0.05, 0.1) is 6.42 Å². The molecule has 1 aromatic heterocycles. The summed E-state index contributed by atoms with van der Waals surface area (Å²) in [5, 5.41) is 5.57. The molecular weight excluding hydrogens is 378 g/mol. The Labute approximate surface area is 154 Å². The number of rotatable bonds is 3. The Kier molecular flexibility index (Phi) is 4.15. The quantitative estimate of drug-likeness (QED) is 0.637. The second kappa shape index (κ2) is 6.61. The van der Waals surface area contributed by atoms with Crippen LogP contribution >= 0.6 is 15.9 Å². The minimum Gasteiger partial charge on any atom is -0.272 e. The molecule has 0 atom stereocenters. The highest BCUT2D eigenvalue weighted by Crippen LogP contribution is 2.42. The van der Waals surface area contributed by atoms with E-state index in [4.69, 9.17) is 0 Å². The Hall–Kier alpha value is -2.79. The van der Waals surface area contributed by atoms with Gasteiger partial charge in [-0.25, -0.2) is 4.98 Å². The molecule has 4 nitrogen and oxygen atoms in total. The second-order valence-corrected chi connectivity index (χ2v) is 6.42. The highest BCUT2D eigenvalue weighted by molar-refractivity contribution is 9.10. The van der Waals surface area contributed by atoms with E-state index in [2.05, 4.69) is 26.0 Å². The topological polar surface area (TPSA) is 45.6 Å². The van der Waals surface area contributed by atoms with Crippen LogP contribution in [0.4, 0.5) is 5.82 Å². The number of hydrazone groups is 1. The van der Waals surface area contributed by atoms with E-state index in [9.17, 15) is 4.79 Å². The third kappa shape index (κ3) is 2.87. The van der Waals surface area contributed by atoms with E-state index in [1.807, 2.05) is 60.7 Å². The summed E-state index contributed by atoms with van der Waals surface area (Å²) >= 11 is 3.74. The lowest BCUT2D eigenvalue weighted by Crippen LogP contribution is -2.21. The molecule has 0 bridgehead atoms. The molecule has 1 aliphatic rings. The van der Waals surface area contributed by atoms with Crippen LogP contribution in [0.1, 0.15) is 6.42 Å². The summed E-state index contributed by atoms with van der Waals surface area (Å²) in [7, 11) is 0. The summed E-state index contributed by atoms with van der Waals surface area (Å²) in [6.45, 7) is 0. The van der Waals surface area contributed by atoms with Gasteiger partial charge >= 0.3 is 0 Å². The predicted molar refractivity (Wildman–Crippen MR) is 103 cm³/mol. The summed E-state index contributed by atoms with van der Waals surface area (Å²) in [5.74, 6) is 0.459. The van der Waals surface area contributed by atoms with E-state index in [0.717, 1.165) is 26.7 Å². The predicted octanol–water partition coefficient (Wildman–Crippen LogP) is 4.90. The zero-order valence-corrected chi connectivity index (χ0v) is 14.8. The standard InChI is InChI=1S/C20H14BrN3O/c21-19-16(14-7-3-1-4-8-14)13-22-20(24-17(25)11-12-23-24)18(19)15-9-5-2-6-10-15/h1-10,12-13H,11H2. The van der Waals surface area contributed by atoms with Gasteiger partial charge in [0.15, 0.2) is 5.82 Å². The van der Waals surface area contributed by atoms with Crippen LogP contribution < -0.4 is 5.01 Å². The molecule has 3 aromatic rings. The maximum atomic E-state index is 12.2. The van der Waals surface area contributed by atoms with E-state index in [0.29, 0.717) is 12.2 Å². The van der Waals surface area contributed by atoms with Crippen LogP contribution in [0.3, 0.4) is 0 Å². The van der Waals surface area contributed by atoms with Crippen molar-refractivity contribution < 1.29 is 4.79 Å². The molecule has 0 spiro atoms. The number of halogens is 1. The van der Waals surface area contributed by atoms with Gasteiger partial charge < -0.3 is 0 Å². The van der Waals surface area contributed by atoms with Crippen molar-refractivity contribution in [2.45, 2.75) is 6.42 Å². The van der Waals surface area contributed by atoms with Gasteiger partial charge in [0.2, 0.25) is 0 Å². The number of anilines is 1. The molecule has 2 heterocycles. The number of amides is 1. The van der Waals surface area contributed by atoms with Crippen molar-refractivity contribution in [1.29, 1.82) is 0 Å². The highest BCUT2D eigenvalue weighted by atomic mass is 79.9. The van der Waals surface area contributed by atoms with E-state index >= 15 is 0 Å². The molecule has 0 N–H and O–H groups in total. The van der Waals surface area contributed by atoms with Crippen LogP contribution in [0.25, 0.3) is 22.3 Å². The first-order valence-electron chi connectivity index (χ1n) is 7.90. The maximum Gasteiger partial charge on any atom is 0.254 e. The molecule has 1 aliphatic heterocycles. The smallest absolute Gasteiger partial charge is 0.254 e. The first-order chi connectivity index (χ1) is 12.3. The first-order valence-corrected chi connectivity index (χ1v) is 8.70. The lowest BCUT2D eigenvalue weighted by Gasteiger charge is -2.19. The average Bonchev–Trinajstić information content (AvgIpc) is 3.08. The van der Waals surface area contributed by atoms with Gasteiger partial charge in [-0.15, -0.1) is 0 Å². The summed E-state index contributed by atoms with van der Waals surface area (Å²) in [6, 6.07) is 19.9. The molecule has 122 valence electrons. The average molecular weight is 392 g/mol. The van der Waals surface area contributed by atoms with E-state index in [-0.39, 0.29) is 5.91 Å². The number of hydrogen-bond donors (Lipinski definition) is 0. The fraction of sp³-hybridized carbons (Fsp3) is 0.0500. The Morgan fingerprint density at radius 3 is 2.16 bits per heavy atom. The monoisotopic (exact) mass is 391 g/mol. The number of hydrogen-bond acceptors (Lipinski definition) is 3. The third-order valence-corrected chi connectivity index (χ3v) is 4.87.